The van der Waals surface area contributed by atoms with Gasteiger partial charge in [0.2, 0.25) is 15.9 Å². The number of amides is 1. The second-order valence-corrected chi connectivity index (χ2v) is 9.06. The molecule has 164 valence electrons. The van der Waals surface area contributed by atoms with Crippen LogP contribution in [0.3, 0.4) is 0 Å². The molecule has 0 unspecified atom stereocenters. The van der Waals surface area contributed by atoms with Crippen LogP contribution < -0.4 is 10.1 Å². The minimum absolute atomic E-state index is 0.0517. The first kappa shape index (κ1) is 23.9. The Labute approximate surface area is 179 Å². The number of hydrogen-bond acceptors (Lipinski definition) is 5. The van der Waals surface area contributed by atoms with Gasteiger partial charge < -0.3 is 14.8 Å². The van der Waals surface area contributed by atoms with Crippen molar-refractivity contribution in [2.45, 2.75) is 31.2 Å². The second-order valence-electron chi connectivity index (χ2n) is 7.15. The number of methoxy groups -OCH3 is 2. The van der Waals surface area contributed by atoms with Crippen molar-refractivity contribution in [3.8, 4) is 5.75 Å². The zero-order valence-electron chi connectivity index (χ0n) is 17.9. The topological polar surface area (TPSA) is 84.9 Å². The van der Waals surface area contributed by atoms with Gasteiger partial charge in [-0.2, -0.15) is 4.31 Å². The van der Waals surface area contributed by atoms with E-state index in [0.717, 1.165) is 11.1 Å². The molecule has 0 radical (unpaired) electrons. The summed E-state index contributed by atoms with van der Waals surface area (Å²) in [5, 5.41) is 2.77. The first-order valence-corrected chi connectivity index (χ1v) is 11.2. The number of carbonyl (C=O) groups is 1. The Bertz CT molecular complexity index is 932. The number of sulfonamides is 1. The normalized spacial score (nSPS) is 12.6. The molecule has 30 heavy (non-hydrogen) atoms. The van der Waals surface area contributed by atoms with Gasteiger partial charge in [-0.1, -0.05) is 36.4 Å². The van der Waals surface area contributed by atoms with Crippen molar-refractivity contribution < 1.29 is 22.7 Å². The smallest absolute Gasteiger partial charge is 0.247 e. The standard InChI is InChI=1S/C22H30N2O5S/c1-17-10-11-20(29-4)21(14-17)30(26,27)24(13-12-19-8-6-5-7-9-19)15-22(25)23-18(2)16-28-3/h5-11,14,18H,12-13,15-16H2,1-4H3,(H,23,25)/t18-/m0/s1. The zero-order chi connectivity index (χ0) is 22.1. The molecular weight excluding hydrogens is 404 g/mol. The van der Waals surface area contributed by atoms with Crippen molar-refractivity contribution in [1.82, 2.24) is 9.62 Å². The Morgan fingerprint density at radius 2 is 1.83 bits per heavy atom. The maximum atomic E-state index is 13.5. The zero-order valence-corrected chi connectivity index (χ0v) is 18.7. The summed E-state index contributed by atoms with van der Waals surface area (Å²) in [6, 6.07) is 14.3. The number of rotatable bonds is 11. The molecule has 1 atom stereocenters. The van der Waals surface area contributed by atoms with Crippen LogP contribution in [-0.2, 0) is 26.0 Å². The fraction of sp³-hybridized carbons (Fsp3) is 0.409. The van der Waals surface area contributed by atoms with Crippen molar-refractivity contribution in [3.05, 3.63) is 59.7 Å². The molecule has 0 saturated heterocycles. The van der Waals surface area contributed by atoms with E-state index in [-0.39, 0.29) is 35.7 Å². The first-order chi connectivity index (χ1) is 14.3. The second kappa shape index (κ2) is 11.1. The van der Waals surface area contributed by atoms with Gasteiger partial charge in [0.25, 0.3) is 0 Å². The lowest BCUT2D eigenvalue weighted by Crippen LogP contribution is -2.45. The van der Waals surface area contributed by atoms with E-state index < -0.39 is 10.0 Å². The monoisotopic (exact) mass is 434 g/mol. The first-order valence-electron chi connectivity index (χ1n) is 9.75. The lowest BCUT2D eigenvalue weighted by atomic mass is 10.1. The number of hydrogen-bond donors (Lipinski definition) is 1. The fourth-order valence-electron chi connectivity index (χ4n) is 3.08. The number of carbonyl (C=O) groups excluding carboxylic acids is 1. The molecule has 0 aromatic heterocycles. The predicted octanol–water partition coefficient (Wildman–Crippen LogP) is 2.39. The third kappa shape index (κ3) is 6.55. The fourth-order valence-corrected chi connectivity index (χ4v) is 4.72. The van der Waals surface area contributed by atoms with Crippen LogP contribution in [0, 0.1) is 6.92 Å². The largest absolute Gasteiger partial charge is 0.495 e. The highest BCUT2D eigenvalue weighted by molar-refractivity contribution is 7.89. The highest BCUT2D eigenvalue weighted by atomic mass is 32.2. The molecule has 0 fully saturated rings. The van der Waals surface area contributed by atoms with Crippen molar-refractivity contribution in [3.63, 3.8) is 0 Å². The predicted molar refractivity (Wildman–Crippen MR) is 116 cm³/mol. The molecule has 0 aliphatic rings. The van der Waals surface area contributed by atoms with E-state index in [0.29, 0.717) is 13.0 Å². The Hall–Kier alpha value is -2.42. The van der Waals surface area contributed by atoms with E-state index in [1.54, 1.807) is 32.2 Å². The quantitative estimate of drug-likeness (QED) is 0.587. The van der Waals surface area contributed by atoms with Gasteiger partial charge in [0.1, 0.15) is 10.6 Å². The highest BCUT2D eigenvalue weighted by Crippen LogP contribution is 2.28. The van der Waals surface area contributed by atoms with E-state index in [9.17, 15) is 13.2 Å². The number of nitrogens with zero attached hydrogens (tertiary/aromatic N) is 1. The molecule has 2 rings (SSSR count). The molecule has 0 heterocycles. The van der Waals surface area contributed by atoms with Crippen LogP contribution in [0.4, 0.5) is 0 Å². The van der Waals surface area contributed by atoms with Crippen LogP contribution >= 0.6 is 0 Å². The van der Waals surface area contributed by atoms with Crippen LogP contribution in [0.1, 0.15) is 18.1 Å². The van der Waals surface area contributed by atoms with Crippen LogP contribution in [0.2, 0.25) is 0 Å². The SMILES string of the molecule is COC[C@H](C)NC(=O)CN(CCc1ccccc1)S(=O)(=O)c1cc(C)ccc1OC. The van der Waals surface area contributed by atoms with Crippen LogP contribution in [0.25, 0.3) is 0 Å². The molecule has 2 aromatic rings. The average molecular weight is 435 g/mol. The molecule has 0 aliphatic carbocycles. The summed E-state index contributed by atoms with van der Waals surface area (Å²) in [5.74, 6) is -0.138. The molecular formula is C22H30N2O5S. The molecule has 0 saturated carbocycles. The Kier molecular flexibility index (Phi) is 8.83. The highest BCUT2D eigenvalue weighted by Gasteiger charge is 2.29. The molecule has 2 aromatic carbocycles. The molecule has 8 heteroatoms. The summed E-state index contributed by atoms with van der Waals surface area (Å²) in [4.78, 5) is 12.6. The minimum Gasteiger partial charge on any atom is -0.495 e. The lowest BCUT2D eigenvalue weighted by Gasteiger charge is -2.24. The maximum absolute atomic E-state index is 13.5. The van der Waals surface area contributed by atoms with E-state index in [1.165, 1.54) is 11.4 Å². The van der Waals surface area contributed by atoms with Gasteiger partial charge in [-0.25, -0.2) is 8.42 Å². The summed E-state index contributed by atoms with van der Waals surface area (Å²) in [5.41, 5.74) is 1.78. The third-order valence-electron chi connectivity index (χ3n) is 4.57. The minimum atomic E-state index is -3.96. The van der Waals surface area contributed by atoms with Crippen molar-refractivity contribution >= 4 is 15.9 Å². The van der Waals surface area contributed by atoms with Gasteiger partial charge in [-0.3, -0.25) is 4.79 Å². The van der Waals surface area contributed by atoms with Gasteiger partial charge in [-0.05, 0) is 43.5 Å². The van der Waals surface area contributed by atoms with Gasteiger partial charge >= 0.3 is 0 Å². The molecule has 0 aliphatic heterocycles. The van der Waals surface area contributed by atoms with E-state index in [4.69, 9.17) is 9.47 Å². The molecule has 1 N–H and O–H groups in total. The molecule has 1 amide bonds. The summed E-state index contributed by atoms with van der Waals surface area (Å²) in [7, 11) is -0.991. The maximum Gasteiger partial charge on any atom is 0.247 e. The summed E-state index contributed by atoms with van der Waals surface area (Å²) in [6.45, 7) is 3.82. The summed E-state index contributed by atoms with van der Waals surface area (Å²) in [6.07, 6.45) is 0.481. The van der Waals surface area contributed by atoms with Crippen molar-refractivity contribution in [2.24, 2.45) is 0 Å². The number of ether oxygens (including phenoxy) is 2. The number of aryl methyl sites for hydroxylation is 1. The van der Waals surface area contributed by atoms with Gasteiger partial charge in [0.15, 0.2) is 0 Å². The molecule has 0 bridgehead atoms. The summed E-state index contributed by atoms with van der Waals surface area (Å²) < 4.78 is 38.5. The Morgan fingerprint density at radius 1 is 1.13 bits per heavy atom. The molecule has 0 spiro atoms. The Morgan fingerprint density at radius 3 is 2.47 bits per heavy atom. The van der Waals surface area contributed by atoms with Crippen LogP contribution in [-0.4, -0.2) is 58.6 Å². The number of benzene rings is 2. The van der Waals surface area contributed by atoms with Gasteiger partial charge in [0.05, 0.1) is 20.3 Å². The summed E-state index contributed by atoms with van der Waals surface area (Å²) >= 11 is 0. The van der Waals surface area contributed by atoms with E-state index in [2.05, 4.69) is 5.32 Å². The van der Waals surface area contributed by atoms with Crippen molar-refractivity contribution in [1.29, 1.82) is 0 Å². The van der Waals surface area contributed by atoms with Gasteiger partial charge in [0, 0.05) is 19.7 Å². The number of nitrogens with one attached hydrogen (secondary N) is 1. The van der Waals surface area contributed by atoms with Crippen LogP contribution in [0.15, 0.2) is 53.4 Å². The average Bonchev–Trinajstić information content (AvgIpc) is 2.71. The lowest BCUT2D eigenvalue weighted by molar-refractivity contribution is -0.122. The van der Waals surface area contributed by atoms with E-state index >= 15 is 0 Å². The third-order valence-corrected chi connectivity index (χ3v) is 6.44. The van der Waals surface area contributed by atoms with Crippen LogP contribution in [0.5, 0.6) is 5.75 Å². The molecule has 7 nitrogen and oxygen atoms in total. The Balaban J connectivity index is 2.31. The van der Waals surface area contributed by atoms with Crippen molar-refractivity contribution in [2.75, 3.05) is 33.9 Å². The van der Waals surface area contributed by atoms with Gasteiger partial charge in [-0.15, -0.1) is 0 Å². The van der Waals surface area contributed by atoms with E-state index in [1.807, 2.05) is 37.3 Å².